The summed E-state index contributed by atoms with van der Waals surface area (Å²) in [6, 6.07) is 16.0. The van der Waals surface area contributed by atoms with Gasteiger partial charge in [0.1, 0.15) is 18.1 Å². The number of hydrogen-bond donors (Lipinski definition) is 1. The first kappa shape index (κ1) is 16.3. The van der Waals surface area contributed by atoms with E-state index in [2.05, 4.69) is 41.8 Å². The van der Waals surface area contributed by atoms with Gasteiger partial charge in [-0.3, -0.25) is 4.90 Å². The second-order valence-corrected chi connectivity index (χ2v) is 5.98. The number of aromatic hydroxyl groups is 1. The molecule has 3 heteroatoms. The van der Waals surface area contributed by atoms with Gasteiger partial charge in [0.15, 0.2) is 0 Å². The average Bonchev–Trinajstić information content (AvgIpc) is 2.62. The minimum absolute atomic E-state index is 0.277. The van der Waals surface area contributed by atoms with Gasteiger partial charge in [0.25, 0.3) is 0 Å². The number of phenolic OH excluding ortho intramolecular Hbond substituents is 1. The van der Waals surface area contributed by atoms with E-state index >= 15 is 0 Å². The van der Waals surface area contributed by atoms with Crippen molar-refractivity contribution in [3.8, 4) is 11.5 Å². The second-order valence-electron chi connectivity index (χ2n) is 5.98. The van der Waals surface area contributed by atoms with Gasteiger partial charge in [-0.05, 0) is 29.7 Å². The zero-order chi connectivity index (χ0) is 16.8. The molecule has 124 valence electrons. The Morgan fingerprint density at radius 2 is 2.00 bits per heavy atom. The highest BCUT2D eigenvalue weighted by Gasteiger charge is 2.15. The van der Waals surface area contributed by atoms with Crippen molar-refractivity contribution in [3.63, 3.8) is 0 Å². The fraction of sp³-hybridized carbons (Fsp3) is 0.238. The lowest BCUT2D eigenvalue weighted by molar-refractivity contribution is 0.293. The summed E-state index contributed by atoms with van der Waals surface area (Å²) in [6.07, 6.45) is 4.84. The van der Waals surface area contributed by atoms with Gasteiger partial charge in [0, 0.05) is 31.3 Å². The Morgan fingerprint density at radius 1 is 1.17 bits per heavy atom. The van der Waals surface area contributed by atoms with E-state index in [0.717, 1.165) is 31.6 Å². The van der Waals surface area contributed by atoms with Crippen molar-refractivity contribution in [2.24, 2.45) is 0 Å². The highest BCUT2D eigenvalue weighted by molar-refractivity contribution is 5.72. The van der Waals surface area contributed by atoms with Crippen LogP contribution in [0.5, 0.6) is 11.5 Å². The first-order valence-electron chi connectivity index (χ1n) is 8.28. The van der Waals surface area contributed by atoms with E-state index in [4.69, 9.17) is 4.74 Å². The maximum Gasteiger partial charge on any atom is 0.126 e. The van der Waals surface area contributed by atoms with Crippen molar-refractivity contribution in [1.29, 1.82) is 0 Å². The summed E-state index contributed by atoms with van der Waals surface area (Å²) in [5.41, 5.74) is 3.44. The number of phenols is 1. The van der Waals surface area contributed by atoms with Crippen molar-refractivity contribution < 1.29 is 9.84 Å². The van der Waals surface area contributed by atoms with Crippen LogP contribution in [0.1, 0.15) is 17.5 Å². The maximum absolute atomic E-state index is 10.3. The summed E-state index contributed by atoms with van der Waals surface area (Å²) >= 11 is 0. The lowest BCUT2D eigenvalue weighted by Crippen LogP contribution is -2.27. The van der Waals surface area contributed by atoms with Crippen molar-refractivity contribution >= 4 is 5.57 Å². The van der Waals surface area contributed by atoms with Crippen LogP contribution in [0.2, 0.25) is 0 Å². The minimum Gasteiger partial charge on any atom is -0.507 e. The number of ether oxygens (including phenoxy) is 1. The van der Waals surface area contributed by atoms with Gasteiger partial charge < -0.3 is 9.84 Å². The molecule has 0 bridgehead atoms. The molecule has 0 fully saturated rings. The van der Waals surface area contributed by atoms with Crippen LogP contribution in [0.15, 0.2) is 67.3 Å². The van der Waals surface area contributed by atoms with Crippen molar-refractivity contribution in [2.45, 2.75) is 13.0 Å². The van der Waals surface area contributed by atoms with E-state index in [0.29, 0.717) is 12.4 Å². The van der Waals surface area contributed by atoms with Gasteiger partial charge in [0.05, 0.1) is 0 Å². The van der Waals surface area contributed by atoms with Crippen LogP contribution in [0, 0.1) is 0 Å². The number of rotatable bonds is 6. The van der Waals surface area contributed by atoms with Crippen LogP contribution in [-0.4, -0.2) is 29.7 Å². The molecule has 1 aliphatic heterocycles. The van der Waals surface area contributed by atoms with E-state index in [1.807, 2.05) is 18.2 Å². The van der Waals surface area contributed by atoms with Crippen molar-refractivity contribution in [1.82, 2.24) is 4.90 Å². The van der Waals surface area contributed by atoms with Crippen LogP contribution in [0.4, 0.5) is 0 Å². The summed E-state index contributed by atoms with van der Waals surface area (Å²) in [6.45, 7) is 6.92. The van der Waals surface area contributed by atoms with E-state index in [-0.39, 0.29) is 5.75 Å². The highest BCUT2D eigenvalue weighted by atomic mass is 16.5. The first-order valence-corrected chi connectivity index (χ1v) is 8.28. The van der Waals surface area contributed by atoms with E-state index < -0.39 is 0 Å². The molecular formula is C21H23NO2. The summed E-state index contributed by atoms with van der Waals surface area (Å²) < 4.78 is 5.46. The molecule has 3 nitrogen and oxygen atoms in total. The molecule has 0 atom stereocenters. The molecule has 0 unspecified atom stereocenters. The first-order chi connectivity index (χ1) is 11.8. The van der Waals surface area contributed by atoms with E-state index in [1.54, 1.807) is 12.1 Å². The summed E-state index contributed by atoms with van der Waals surface area (Å²) in [7, 11) is 0. The topological polar surface area (TPSA) is 32.7 Å². The minimum atomic E-state index is 0.277. The third kappa shape index (κ3) is 4.06. The average molecular weight is 321 g/mol. The van der Waals surface area contributed by atoms with Crippen LogP contribution in [-0.2, 0) is 6.54 Å². The summed E-state index contributed by atoms with van der Waals surface area (Å²) in [5, 5.41) is 10.3. The fourth-order valence-electron chi connectivity index (χ4n) is 2.97. The molecule has 24 heavy (non-hydrogen) atoms. The number of hydrogen-bond acceptors (Lipinski definition) is 3. The molecule has 0 amide bonds. The highest BCUT2D eigenvalue weighted by Crippen LogP contribution is 2.32. The Labute approximate surface area is 143 Å². The normalized spacial score (nSPS) is 14.9. The maximum atomic E-state index is 10.3. The molecular weight excluding hydrogens is 298 g/mol. The summed E-state index contributed by atoms with van der Waals surface area (Å²) in [5.74, 6) is 0.942. The van der Waals surface area contributed by atoms with Crippen LogP contribution in [0.3, 0.4) is 0 Å². The Kier molecular flexibility index (Phi) is 5.34. The molecule has 0 spiro atoms. The largest absolute Gasteiger partial charge is 0.507 e. The third-order valence-electron chi connectivity index (χ3n) is 4.23. The molecule has 0 saturated carbocycles. The SMILES string of the molecule is C=CCOc1ccc(C2=CCN(Cc3ccccc3)CC2)c(O)c1. The standard InChI is InChI=1S/C21H23NO2/c1-2-14-24-19-8-9-20(21(23)15-19)18-10-12-22(13-11-18)16-17-6-4-3-5-7-17/h2-10,15,23H,1,11-14,16H2. The molecule has 1 aliphatic rings. The van der Waals surface area contributed by atoms with Gasteiger partial charge in [-0.25, -0.2) is 0 Å². The van der Waals surface area contributed by atoms with Gasteiger partial charge >= 0.3 is 0 Å². The Morgan fingerprint density at radius 3 is 2.67 bits per heavy atom. The molecule has 1 N–H and O–H groups in total. The number of nitrogens with zero attached hydrogens (tertiary/aromatic N) is 1. The van der Waals surface area contributed by atoms with Crippen molar-refractivity contribution in [3.05, 3.63) is 78.4 Å². The molecule has 3 rings (SSSR count). The molecule has 0 aromatic heterocycles. The molecule has 1 heterocycles. The Bertz CT molecular complexity index is 722. The molecule has 0 aliphatic carbocycles. The Hall–Kier alpha value is -2.52. The zero-order valence-corrected chi connectivity index (χ0v) is 13.8. The van der Waals surface area contributed by atoms with E-state index in [9.17, 15) is 5.11 Å². The third-order valence-corrected chi connectivity index (χ3v) is 4.23. The molecule has 2 aromatic rings. The van der Waals surface area contributed by atoms with Crippen molar-refractivity contribution in [2.75, 3.05) is 19.7 Å². The van der Waals surface area contributed by atoms with Gasteiger partial charge in [-0.2, -0.15) is 0 Å². The summed E-state index contributed by atoms with van der Waals surface area (Å²) in [4.78, 5) is 2.41. The van der Waals surface area contributed by atoms with Gasteiger partial charge in [-0.15, -0.1) is 0 Å². The fourth-order valence-corrected chi connectivity index (χ4v) is 2.97. The van der Waals surface area contributed by atoms with E-state index in [1.165, 1.54) is 11.1 Å². The monoisotopic (exact) mass is 321 g/mol. The van der Waals surface area contributed by atoms with Crippen LogP contribution < -0.4 is 4.74 Å². The zero-order valence-electron chi connectivity index (χ0n) is 13.8. The second kappa shape index (κ2) is 7.84. The predicted octanol–water partition coefficient (Wildman–Crippen LogP) is 4.25. The Balaban J connectivity index is 1.65. The van der Waals surface area contributed by atoms with Crippen LogP contribution >= 0.6 is 0 Å². The quantitative estimate of drug-likeness (QED) is 0.808. The predicted molar refractivity (Wildman–Crippen MR) is 98.1 cm³/mol. The number of benzene rings is 2. The smallest absolute Gasteiger partial charge is 0.126 e. The van der Waals surface area contributed by atoms with Gasteiger partial charge in [0.2, 0.25) is 0 Å². The lowest BCUT2D eigenvalue weighted by atomic mass is 9.98. The lowest BCUT2D eigenvalue weighted by Gasteiger charge is -2.26. The van der Waals surface area contributed by atoms with Crippen LogP contribution in [0.25, 0.3) is 5.57 Å². The molecule has 0 saturated heterocycles. The molecule has 2 aromatic carbocycles. The van der Waals surface area contributed by atoms with Gasteiger partial charge in [-0.1, -0.05) is 49.1 Å². The molecule has 0 radical (unpaired) electrons.